The number of anilines is 1. The first kappa shape index (κ1) is 21.9. The Morgan fingerprint density at radius 1 is 1.07 bits per heavy atom. The van der Waals surface area contributed by atoms with Crippen LogP contribution in [0, 0.1) is 6.92 Å². The molecule has 0 aliphatic heterocycles. The van der Waals surface area contributed by atoms with Crippen molar-refractivity contribution in [2.24, 2.45) is 0 Å². The van der Waals surface area contributed by atoms with Gasteiger partial charge in [-0.25, -0.2) is 4.98 Å². The Hall–Kier alpha value is -2.83. The molecule has 0 unspecified atom stereocenters. The number of carbonyl (C=O) groups excluding carboxylic acids is 2. The highest BCUT2D eigenvalue weighted by atomic mass is 35.5. The van der Waals surface area contributed by atoms with Gasteiger partial charge < -0.3 is 14.6 Å². The van der Waals surface area contributed by atoms with Gasteiger partial charge in [0.25, 0.3) is 0 Å². The first-order chi connectivity index (χ1) is 14.4. The lowest BCUT2D eigenvalue weighted by atomic mass is 10.2. The molecule has 1 heterocycles. The van der Waals surface area contributed by atoms with E-state index in [1.807, 2.05) is 30.3 Å². The molecule has 3 rings (SSSR count). The molecule has 0 saturated heterocycles. The summed E-state index contributed by atoms with van der Waals surface area (Å²) in [5.41, 5.74) is 1.71. The molecule has 0 radical (unpaired) electrons. The van der Waals surface area contributed by atoms with Gasteiger partial charge in [-0.15, -0.1) is 0 Å². The summed E-state index contributed by atoms with van der Waals surface area (Å²) in [5, 5.41) is 3.33. The van der Waals surface area contributed by atoms with Gasteiger partial charge in [-0.2, -0.15) is 0 Å². The Bertz CT molecular complexity index is 1030. The van der Waals surface area contributed by atoms with Crippen LogP contribution in [0.25, 0.3) is 11.5 Å². The summed E-state index contributed by atoms with van der Waals surface area (Å²) in [6, 6.07) is 14.4. The van der Waals surface area contributed by atoms with E-state index in [9.17, 15) is 9.59 Å². The van der Waals surface area contributed by atoms with Crippen LogP contribution in [0.2, 0.25) is 10.0 Å². The monoisotopic (exact) mass is 445 g/mol. The number of benzene rings is 2. The van der Waals surface area contributed by atoms with Gasteiger partial charge in [-0.05, 0) is 38.1 Å². The van der Waals surface area contributed by atoms with Crippen LogP contribution in [0.5, 0.6) is 0 Å². The minimum absolute atomic E-state index is 0.0378. The average Bonchev–Trinajstić information content (AvgIpc) is 3.10. The van der Waals surface area contributed by atoms with E-state index in [0.717, 1.165) is 5.56 Å². The maximum Gasteiger partial charge on any atom is 0.244 e. The van der Waals surface area contributed by atoms with Gasteiger partial charge in [0.15, 0.2) is 0 Å². The number of aryl methyl sites for hydroxylation is 1. The van der Waals surface area contributed by atoms with E-state index in [2.05, 4.69) is 10.3 Å². The van der Waals surface area contributed by atoms with E-state index in [-0.39, 0.29) is 24.8 Å². The first-order valence-corrected chi connectivity index (χ1v) is 10.2. The number of rotatable bonds is 7. The fourth-order valence-electron chi connectivity index (χ4n) is 2.90. The fourth-order valence-corrected chi connectivity index (χ4v) is 3.39. The van der Waals surface area contributed by atoms with Crippen molar-refractivity contribution in [2.75, 3.05) is 18.4 Å². The minimum Gasteiger partial charge on any atom is -0.441 e. The molecule has 0 atom stereocenters. The van der Waals surface area contributed by atoms with Crippen molar-refractivity contribution in [3.8, 4) is 11.5 Å². The number of amides is 2. The highest BCUT2D eigenvalue weighted by Crippen LogP contribution is 2.29. The van der Waals surface area contributed by atoms with E-state index < -0.39 is 0 Å². The maximum atomic E-state index is 12.8. The Kier molecular flexibility index (Phi) is 7.13. The number of likely N-dealkylation sites (N-methyl/N-ethyl adjacent to an activating group) is 1. The molecule has 0 bridgehead atoms. The molecule has 3 aromatic rings. The number of carbonyl (C=O) groups is 2. The van der Waals surface area contributed by atoms with Gasteiger partial charge >= 0.3 is 0 Å². The predicted molar refractivity (Wildman–Crippen MR) is 118 cm³/mol. The zero-order chi connectivity index (χ0) is 21.7. The summed E-state index contributed by atoms with van der Waals surface area (Å²) in [4.78, 5) is 31.1. The maximum absolute atomic E-state index is 12.8. The van der Waals surface area contributed by atoms with Crippen molar-refractivity contribution in [3.63, 3.8) is 0 Å². The number of oxazole rings is 1. The van der Waals surface area contributed by atoms with E-state index in [1.165, 1.54) is 4.90 Å². The van der Waals surface area contributed by atoms with Crippen molar-refractivity contribution in [3.05, 3.63) is 70.0 Å². The molecule has 8 heteroatoms. The molecule has 2 aromatic carbocycles. The first-order valence-electron chi connectivity index (χ1n) is 9.42. The third-order valence-corrected chi connectivity index (χ3v) is 5.16. The summed E-state index contributed by atoms with van der Waals surface area (Å²) in [6.07, 6.45) is 0.0378. The van der Waals surface area contributed by atoms with Crippen LogP contribution in [0.15, 0.2) is 52.9 Å². The minimum atomic E-state index is -0.387. The van der Waals surface area contributed by atoms with Crippen molar-refractivity contribution < 1.29 is 14.0 Å². The SMILES string of the molecule is CCN(CC(=O)Nc1c(Cl)cccc1Cl)C(=O)Cc1nc(-c2ccccc2)oc1C. The molecule has 30 heavy (non-hydrogen) atoms. The third kappa shape index (κ3) is 5.20. The van der Waals surface area contributed by atoms with E-state index in [4.69, 9.17) is 27.6 Å². The molecule has 6 nitrogen and oxygen atoms in total. The van der Waals surface area contributed by atoms with Crippen molar-refractivity contribution in [1.82, 2.24) is 9.88 Å². The van der Waals surface area contributed by atoms with E-state index in [0.29, 0.717) is 39.6 Å². The Labute approximate surface area is 184 Å². The highest BCUT2D eigenvalue weighted by molar-refractivity contribution is 6.39. The van der Waals surface area contributed by atoms with Crippen molar-refractivity contribution in [1.29, 1.82) is 0 Å². The standard InChI is InChI=1S/C22H21Cl2N3O3/c1-3-27(13-19(28)26-21-16(23)10-7-11-17(21)24)20(29)12-18-14(2)30-22(25-18)15-8-5-4-6-9-15/h4-11H,3,12-13H2,1-2H3,(H,26,28). The van der Waals surface area contributed by atoms with Crippen LogP contribution < -0.4 is 5.32 Å². The fraction of sp³-hybridized carbons (Fsp3) is 0.227. The van der Waals surface area contributed by atoms with Crippen molar-refractivity contribution >= 4 is 40.7 Å². The van der Waals surface area contributed by atoms with Crippen LogP contribution in [-0.4, -0.2) is 34.8 Å². The average molecular weight is 446 g/mol. The normalized spacial score (nSPS) is 10.7. The van der Waals surface area contributed by atoms with Crippen LogP contribution in [-0.2, 0) is 16.0 Å². The van der Waals surface area contributed by atoms with Gasteiger partial charge in [0.1, 0.15) is 5.76 Å². The quantitative estimate of drug-likeness (QED) is 0.555. The number of para-hydroxylation sites is 1. The van der Waals surface area contributed by atoms with Gasteiger partial charge in [0.05, 0.1) is 34.4 Å². The zero-order valence-corrected chi connectivity index (χ0v) is 18.1. The summed E-state index contributed by atoms with van der Waals surface area (Å²) in [6.45, 7) is 3.81. The molecule has 0 fully saturated rings. The van der Waals surface area contributed by atoms with Gasteiger partial charge in [0.2, 0.25) is 17.7 Å². The van der Waals surface area contributed by atoms with Gasteiger partial charge in [0, 0.05) is 12.1 Å². The molecule has 0 aliphatic carbocycles. The molecule has 0 spiro atoms. The molecule has 2 amide bonds. The van der Waals surface area contributed by atoms with Gasteiger partial charge in [-0.1, -0.05) is 47.5 Å². The zero-order valence-electron chi connectivity index (χ0n) is 16.6. The number of hydrogen-bond donors (Lipinski definition) is 1. The molecule has 1 aromatic heterocycles. The van der Waals surface area contributed by atoms with Crippen molar-refractivity contribution in [2.45, 2.75) is 20.3 Å². The predicted octanol–water partition coefficient (Wildman–Crippen LogP) is 4.99. The Morgan fingerprint density at radius 2 is 1.73 bits per heavy atom. The number of halogens is 2. The van der Waals surface area contributed by atoms with Crippen LogP contribution >= 0.6 is 23.2 Å². The second kappa shape index (κ2) is 9.78. The lowest BCUT2D eigenvalue weighted by Gasteiger charge is -2.20. The second-order valence-corrected chi connectivity index (χ2v) is 7.43. The highest BCUT2D eigenvalue weighted by Gasteiger charge is 2.21. The van der Waals surface area contributed by atoms with Crippen LogP contribution in [0.1, 0.15) is 18.4 Å². The third-order valence-electron chi connectivity index (χ3n) is 4.53. The molecular weight excluding hydrogens is 425 g/mol. The Balaban J connectivity index is 1.66. The molecule has 1 N–H and O–H groups in total. The molecule has 156 valence electrons. The molecule has 0 aliphatic rings. The lowest BCUT2D eigenvalue weighted by Crippen LogP contribution is -2.38. The summed E-state index contributed by atoms with van der Waals surface area (Å²) < 4.78 is 5.71. The summed E-state index contributed by atoms with van der Waals surface area (Å²) >= 11 is 12.2. The topological polar surface area (TPSA) is 75.4 Å². The number of nitrogens with one attached hydrogen (secondary N) is 1. The smallest absolute Gasteiger partial charge is 0.244 e. The van der Waals surface area contributed by atoms with Crippen LogP contribution in [0.4, 0.5) is 5.69 Å². The number of nitrogens with zero attached hydrogens (tertiary/aromatic N) is 2. The second-order valence-electron chi connectivity index (χ2n) is 6.62. The lowest BCUT2D eigenvalue weighted by molar-refractivity contribution is -0.133. The number of aromatic nitrogens is 1. The van der Waals surface area contributed by atoms with Crippen LogP contribution in [0.3, 0.4) is 0 Å². The van der Waals surface area contributed by atoms with E-state index >= 15 is 0 Å². The van der Waals surface area contributed by atoms with Gasteiger partial charge in [-0.3, -0.25) is 9.59 Å². The molecule has 0 saturated carbocycles. The summed E-state index contributed by atoms with van der Waals surface area (Å²) in [7, 11) is 0. The Morgan fingerprint density at radius 3 is 2.37 bits per heavy atom. The number of hydrogen-bond acceptors (Lipinski definition) is 4. The van der Waals surface area contributed by atoms with E-state index in [1.54, 1.807) is 32.0 Å². The largest absolute Gasteiger partial charge is 0.441 e. The summed E-state index contributed by atoms with van der Waals surface area (Å²) in [5.74, 6) is 0.423. The molecular formula is C22H21Cl2N3O3.